The van der Waals surface area contributed by atoms with Crippen molar-refractivity contribution in [1.29, 1.82) is 5.26 Å². The molecule has 0 spiro atoms. The third-order valence-electron chi connectivity index (χ3n) is 2.71. The average molecular weight is 281 g/mol. The molecule has 0 radical (unpaired) electrons. The molecule has 2 rings (SSSR count). The molecule has 0 heterocycles. The number of rotatable bonds is 3. The molecule has 0 aliphatic heterocycles. The zero-order chi connectivity index (χ0) is 14.2. The van der Waals surface area contributed by atoms with E-state index in [1.165, 1.54) is 17.3 Å². The lowest BCUT2D eigenvalue weighted by Gasteiger charge is -2.12. The van der Waals surface area contributed by atoms with Gasteiger partial charge in [-0.2, -0.15) is 5.26 Å². The monoisotopic (exact) mass is 281 g/mol. The average Bonchev–Trinajstić information content (AvgIpc) is 2.49. The molecule has 0 saturated heterocycles. The molecular weight excluding hydrogens is 266 g/mol. The van der Waals surface area contributed by atoms with Crippen LogP contribution >= 0.6 is 11.8 Å². The number of nitrogens with one attached hydrogen (secondary N) is 1. The van der Waals surface area contributed by atoms with Crippen LogP contribution in [0.5, 0.6) is 0 Å². The van der Waals surface area contributed by atoms with Crippen molar-refractivity contribution in [3.63, 3.8) is 0 Å². The molecule has 0 amide bonds. The third kappa shape index (κ3) is 4.15. The summed E-state index contributed by atoms with van der Waals surface area (Å²) < 4.78 is 0. The Kier molecular flexibility index (Phi) is 5.22. The van der Waals surface area contributed by atoms with Gasteiger partial charge in [0.15, 0.2) is 11.4 Å². The Morgan fingerprint density at radius 3 is 2.30 bits per heavy atom. The Morgan fingerprint density at radius 1 is 1.10 bits per heavy atom. The fraction of sp³-hybridized carbons (Fsp3) is 0.125. The number of thioether (sulfide) groups is 1. The first kappa shape index (κ1) is 14.2. The minimum Gasteiger partial charge on any atom is -0.271 e. The fourth-order valence-corrected chi connectivity index (χ4v) is 2.60. The summed E-state index contributed by atoms with van der Waals surface area (Å²) in [6.45, 7) is 2.10. The molecule has 0 fully saturated rings. The summed E-state index contributed by atoms with van der Waals surface area (Å²) in [5.74, 6) is 0. The van der Waals surface area contributed by atoms with Gasteiger partial charge >= 0.3 is 0 Å². The topological polar surface area (TPSA) is 48.2 Å². The van der Waals surface area contributed by atoms with Crippen molar-refractivity contribution in [1.82, 2.24) is 5.32 Å². The lowest BCUT2D eigenvalue weighted by Crippen LogP contribution is -2.14. The lowest BCUT2D eigenvalue weighted by atomic mass is 10.2. The van der Waals surface area contributed by atoms with E-state index < -0.39 is 0 Å². The molecular formula is C16H15N3S. The van der Waals surface area contributed by atoms with Crippen molar-refractivity contribution in [3.05, 3.63) is 66.2 Å². The highest BCUT2D eigenvalue weighted by molar-refractivity contribution is 8.14. The molecule has 1 unspecified atom stereocenters. The first-order valence-corrected chi connectivity index (χ1v) is 7.18. The van der Waals surface area contributed by atoms with Crippen LogP contribution in [0.1, 0.15) is 17.7 Å². The van der Waals surface area contributed by atoms with Crippen molar-refractivity contribution in [2.45, 2.75) is 12.2 Å². The van der Waals surface area contributed by atoms with E-state index in [0.29, 0.717) is 5.17 Å². The van der Waals surface area contributed by atoms with Crippen LogP contribution in [-0.4, -0.2) is 5.17 Å². The van der Waals surface area contributed by atoms with E-state index >= 15 is 0 Å². The molecule has 0 saturated carbocycles. The molecule has 3 nitrogen and oxygen atoms in total. The van der Waals surface area contributed by atoms with Gasteiger partial charge in [-0.25, -0.2) is 4.99 Å². The van der Waals surface area contributed by atoms with E-state index in [2.05, 4.69) is 29.4 Å². The molecule has 1 N–H and O–H groups in total. The number of benzene rings is 2. The van der Waals surface area contributed by atoms with Gasteiger partial charge in [0.25, 0.3) is 0 Å². The lowest BCUT2D eigenvalue weighted by molar-refractivity contribution is 1.10. The second kappa shape index (κ2) is 7.37. The third-order valence-corrected chi connectivity index (χ3v) is 3.75. The summed E-state index contributed by atoms with van der Waals surface area (Å²) >= 11 is 1.53. The molecule has 0 aliphatic carbocycles. The predicted molar refractivity (Wildman–Crippen MR) is 84.7 cm³/mol. The van der Waals surface area contributed by atoms with Crippen molar-refractivity contribution in [2.75, 3.05) is 0 Å². The van der Waals surface area contributed by atoms with Gasteiger partial charge in [0.2, 0.25) is 0 Å². The molecule has 0 aromatic heterocycles. The molecule has 0 aliphatic rings. The summed E-state index contributed by atoms with van der Waals surface area (Å²) in [7, 11) is 0. The quantitative estimate of drug-likeness (QED) is 0.396. The molecule has 0 bridgehead atoms. The smallest absolute Gasteiger partial charge is 0.183 e. The van der Waals surface area contributed by atoms with Gasteiger partial charge in [0.05, 0.1) is 5.69 Å². The van der Waals surface area contributed by atoms with Gasteiger partial charge < -0.3 is 0 Å². The summed E-state index contributed by atoms with van der Waals surface area (Å²) in [6.07, 6.45) is 1.94. The summed E-state index contributed by atoms with van der Waals surface area (Å²) in [6, 6.07) is 19.8. The van der Waals surface area contributed by atoms with Crippen LogP contribution in [0.15, 0.2) is 65.7 Å². The number of amidine groups is 1. The van der Waals surface area contributed by atoms with E-state index in [9.17, 15) is 0 Å². The molecule has 2 aromatic carbocycles. The van der Waals surface area contributed by atoms with Crippen LogP contribution in [0.3, 0.4) is 0 Å². The Bertz CT molecular complexity index is 603. The van der Waals surface area contributed by atoms with Crippen LogP contribution in [0, 0.1) is 11.5 Å². The number of nitrogens with zero attached hydrogens (tertiary/aromatic N) is 2. The number of hydrogen-bond acceptors (Lipinski definition) is 3. The first-order valence-electron chi connectivity index (χ1n) is 6.30. The maximum Gasteiger partial charge on any atom is 0.183 e. The first-order chi connectivity index (χ1) is 9.79. The zero-order valence-corrected chi connectivity index (χ0v) is 12.0. The van der Waals surface area contributed by atoms with Crippen LogP contribution in [0.4, 0.5) is 5.69 Å². The van der Waals surface area contributed by atoms with Crippen molar-refractivity contribution in [3.8, 4) is 6.19 Å². The predicted octanol–water partition coefficient (Wildman–Crippen LogP) is 4.24. The van der Waals surface area contributed by atoms with Gasteiger partial charge in [-0.1, -0.05) is 60.3 Å². The highest BCUT2D eigenvalue weighted by atomic mass is 32.2. The maximum atomic E-state index is 8.84. The number of aliphatic imine (C=N–C) groups is 1. The minimum absolute atomic E-state index is 0.222. The van der Waals surface area contributed by atoms with E-state index in [1.54, 1.807) is 0 Å². The normalized spacial score (nSPS) is 12.5. The fourth-order valence-electron chi connectivity index (χ4n) is 1.71. The van der Waals surface area contributed by atoms with E-state index in [1.807, 2.05) is 54.7 Å². The van der Waals surface area contributed by atoms with Crippen LogP contribution in [0.25, 0.3) is 0 Å². The van der Waals surface area contributed by atoms with E-state index in [0.717, 1.165) is 5.69 Å². The van der Waals surface area contributed by atoms with Gasteiger partial charge in [0, 0.05) is 5.25 Å². The van der Waals surface area contributed by atoms with Gasteiger partial charge in [-0.3, -0.25) is 5.32 Å². The summed E-state index contributed by atoms with van der Waals surface area (Å²) in [5.41, 5.74) is 2.04. The zero-order valence-electron chi connectivity index (χ0n) is 11.2. The van der Waals surface area contributed by atoms with Crippen LogP contribution in [0.2, 0.25) is 0 Å². The van der Waals surface area contributed by atoms with E-state index in [-0.39, 0.29) is 5.25 Å². The Labute approximate surface area is 123 Å². The number of hydrogen-bond donors (Lipinski definition) is 1. The van der Waals surface area contributed by atoms with Crippen LogP contribution < -0.4 is 5.32 Å². The minimum atomic E-state index is 0.222. The summed E-state index contributed by atoms with van der Waals surface area (Å²) in [4.78, 5) is 4.46. The molecule has 100 valence electrons. The van der Waals surface area contributed by atoms with Gasteiger partial charge in [0.1, 0.15) is 0 Å². The Hall–Kier alpha value is -2.25. The van der Waals surface area contributed by atoms with Crippen molar-refractivity contribution < 1.29 is 0 Å². The summed E-state index contributed by atoms with van der Waals surface area (Å²) in [5, 5.41) is 12.3. The van der Waals surface area contributed by atoms with Gasteiger partial charge in [-0.05, 0) is 24.6 Å². The van der Waals surface area contributed by atoms with E-state index in [4.69, 9.17) is 5.26 Å². The van der Waals surface area contributed by atoms with Gasteiger partial charge in [-0.15, -0.1) is 0 Å². The molecule has 1 atom stereocenters. The highest BCUT2D eigenvalue weighted by Crippen LogP contribution is 2.29. The van der Waals surface area contributed by atoms with Crippen molar-refractivity contribution >= 4 is 22.6 Å². The molecule has 4 heteroatoms. The highest BCUT2D eigenvalue weighted by Gasteiger charge is 2.10. The number of para-hydroxylation sites is 1. The Morgan fingerprint density at radius 2 is 1.70 bits per heavy atom. The number of nitriles is 1. The Balaban J connectivity index is 2.14. The second-order valence-electron chi connectivity index (χ2n) is 4.16. The maximum absolute atomic E-state index is 8.84. The van der Waals surface area contributed by atoms with Crippen LogP contribution in [-0.2, 0) is 0 Å². The SMILES string of the molecule is CC(SC(=Nc1ccccc1)NC#N)c1ccccc1. The molecule has 2 aromatic rings. The second-order valence-corrected chi connectivity index (χ2v) is 5.49. The largest absolute Gasteiger partial charge is 0.271 e. The standard InChI is InChI=1S/C16H15N3S/c1-13(14-8-4-2-5-9-14)20-16(18-12-17)19-15-10-6-3-7-11-15/h2-11,13H,1H3,(H,18,19). The van der Waals surface area contributed by atoms with Crippen molar-refractivity contribution in [2.24, 2.45) is 4.99 Å². The molecule has 20 heavy (non-hydrogen) atoms.